The molecule has 0 aliphatic heterocycles. The summed E-state index contributed by atoms with van der Waals surface area (Å²) in [5, 5.41) is 0. The van der Waals surface area contributed by atoms with Gasteiger partial charge in [-0.15, -0.1) is 4.73 Å². The van der Waals surface area contributed by atoms with Gasteiger partial charge in [0.15, 0.2) is 0 Å². The van der Waals surface area contributed by atoms with Gasteiger partial charge < -0.3 is 14.8 Å². The van der Waals surface area contributed by atoms with Crippen LogP contribution in [-0.4, -0.2) is 19.3 Å². The summed E-state index contributed by atoms with van der Waals surface area (Å²) in [5.74, 6) is 5.49. The summed E-state index contributed by atoms with van der Waals surface area (Å²) < 4.78 is 44.5. The zero-order chi connectivity index (χ0) is 23.8. The molecule has 2 aromatic carbocycles. The van der Waals surface area contributed by atoms with E-state index in [-0.39, 0.29) is 35.1 Å². The fourth-order valence-electron chi connectivity index (χ4n) is 3.50. The number of fused-ring (bicyclic) bond motifs is 1. The van der Waals surface area contributed by atoms with E-state index in [1.165, 1.54) is 23.0 Å². The zero-order valence-electron chi connectivity index (χ0n) is 17.8. The Hall–Kier alpha value is -3.86. The van der Waals surface area contributed by atoms with Gasteiger partial charge in [-0.1, -0.05) is 44.2 Å². The first kappa shape index (κ1) is 22.3. The van der Waals surface area contributed by atoms with Gasteiger partial charge in [0.05, 0.1) is 16.8 Å². The number of hydrogen-bond donors (Lipinski definition) is 2. The second-order valence-electron chi connectivity index (χ2n) is 7.63. The number of nitrogens with two attached hydrogens (primary N) is 1. The van der Waals surface area contributed by atoms with Crippen molar-refractivity contribution in [2.24, 2.45) is 5.84 Å². The molecule has 0 aliphatic carbocycles. The molecule has 0 atom stereocenters. The molecule has 0 bridgehead atoms. The smallest absolute Gasteiger partial charge is 0.405 e. The standard InChI is InChI=1S/C22H21F3N6O2/c1-13(2)20-27-8-9-30(20)17-11-16-18(10-15(17)22(23,24)25)31(21(32)19(28-16)29-26)33-12-14-6-4-3-5-7-14/h3-11,13H,12,26H2,1-2H3,(H,28,29). The molecule has 0 radical (unpaired) electrons. The van der Waals surface area contributed by atoms with Crippen LogP contribution in [0.15, 0.2) is 59.7 Å². The lowest BCUT2D eigenvalue weighted by Gasteiger charge is -2.19. The van der Waals surface area contributed by atoms with Crippen LogP contribution in [0.3, 0.4) is 0 Å². The lowest BCUT2D eigenvalue weighted by atomic mass is 10.1. The van der Waals surface area contributed by atoms with Crippen molar-refractivity contribution in [3.05, 3.63) is 82.2 Å². The minimum absolute atomic E-state index is 0.0496. The summed E-state index contributed by atoms with van der Waals surface area (Å²) in [6, 6.07) is 11.0. The quantitative estimate of drug-likeness (QED) is 0.338. The number of imidazole rings is 1. The van der Waals surface area contributed by atoms with E-state index in [9.17, 15) is 18.0 Å². The number of halogens is 3. The first-order chi connectivity index (χ1) is 15.7. The van der Waals surface area contributed by atoms with Gasteiger partial charge in [-0.2, -0.15) is 13.2 Å². The van der Waals surface area contributed by atoms with Crippen molar-refractivity contribution in [2.45, 2.75) is 32.5 Å². The van der Waals surface area contributed by atoms with Crippen LogP contribution in [0.5, 0.6) is 0 Å². The SMILES string of the molecule is CC(C)c1nccn1-c1cc2nc(NN)c(=O)n(OCc3ccccc3)c2cc1C(F)(F)F. The van der Waals surface area contributed by atoms with Gasteiger partial charge in [0.25, 0.3) is 0 Å². The Morgan fingerprint density at radius 1 is 1.18 bits per heavy atom. The third-order valence-electron chi connectivity index (χ3n) is 5.02. The van der Waals surface area contributed by atoms with E-state index in [1.807, 2.05) is 19.9 Å². The molecule has 4 rings (SSSR count). The minimum Gasteiger partial charge on any atom is -0.405 e. The Kier molecular flexibility index (Phi) is 5.81. The third-order valence-corrected chi connectivity index (χ3v) is 5.02. The highest BCUT2D eigenvalue weighted by molar-refractivity contribution is 5.80. The maximum absolute atomic E-state index is 14.1. The van der Waals surface area contributed by atoms with Crippen molar-refractivity contribution in [1.29, 1.82) is 0 Å². The van der Waals surface area contributed by atoms with Crippen LogP contribution in [0.25, 0.3) is 16.7 Å². The lowest BCUT2D eigenvalue weighted by Crippen LogP contribution is -2.32. The number of hydrazine groups is 1. The van der Waals surface area contributed by atoms with E-state index in [4.69, 9.17) is 10.7 Å². The molecule has 0 spiro atoms. The zero-order valence-corrected chi connectivity index (χ0v) is 17.8. The first-order valence-electron chi connectivity index (χ1n) is 10.1. The largest absolute Gasteiger partial charge is 0.418 e. The molecule has 33 heavy (non-hydrogen) atoms. The van der Waals surface area contributed by atoms with E-state index in [0.29, 0.717) is 5.82 Å². The molecule has 3 N–H and O–H groups in total. The van der Waals surface area contributed by atoms with E-state index in [2.05, 4.69) is 15.4 Å². The minimum atomic E-state index is -4.72. The average Bonchev–Trinajstić information content (AvgIpc) is 3.27. The van der Waals surface area contributed by atoms with E-state index < -0.39 is 17.3 Å². The Morgan fingerprint density at radius 3 is 2.55 bits per heavy atom. The van der Waals surface area contributed by atoms with Gasteiger partial charge in [-0.25, -0.2) is 15.8 Å². The summed E-state index contributed by atoms with van der Waals surface area (Å²) in [7, 11) is 0. The monoisotopic (exact) mass is 458 g/mol. The molecule has 0 amide bonds. The molecule has 0 unspecified atom stereocenters. The summed E-state index contributed by atoms with van der Waals surface area (Å²) in [6.07, 6.45) is -1.83. The molecule has 4 aromatic rings. The maximum Gasteiger partial charge on any atom is 0.418 e. The number of alkyl halides is 3. The summed E-state index contributed by atoms with van der Waals surface area (Å²) in [6.45, 7) is 3.61. The van der Waals surface area contributed by atoms with Crippen LogP contribution >= 0.6 is 0 Å². The number of rotatable bonds is 6. The van der Waals surface area contributed by atoms with Crippen molar-refractivity contribution in [2.75, 3.05) is 5.43 Å². The second kappa shape index (κ2) is 8.58. The highest BCUT2D eigenvalue weighted by Gasteiger charge is 2.36. The van der Waals surface area contributed by atoms with Crippen molar-refractivity contribution < 1.29 is 18.0 Å². The van der Waals surface area contributed by atoms with Crippen LogP contribution in [0.2, 0.25) is 0 Å². The molecule has 0 saturated carbocycles. The summed E-state index contributed by atoms with van der Waals surface area (Å²) in [5.41, 5.74) is 0.923. The molecule has 11 heteroatoms. The lowest BCUT2D eigenvalue weighted by molar-refractivity contribution is -0.137. The second-order valence-corrected chi connectivity index (χ2v) is 7.63. The number of nitrogens with zero attached hydrogens (tertiary/aromatic N) is 4. The van der Waals surface area contributed by atoms with Crippen LogP contribution in [0, 0.1) is 0 Å². The van der Waals surface area contributed by atoms with E-state index in [0.717, 1.165) is 16.4 Å². The number of hydrogen-bond acceptors (Lipinski definition) is 6. The number of benzene rings is 2. The molecule has 2 heterocycles. The normalized spacial score (nSPS) is 11.8. The fraction of sp³-hybridized carbons (Fsp3) is 0.227. The van der Waals surface area contributed by atoms with Crippen molar-refractivity contribution in [3.63, 3.8) is 0 Å². The highest BCUT2D eigenvalue weighted by Crippen LogP contribution is 2.37. The molecular formula is C22H21F3N6O2. The van der Waals surface area contributed by atoms with Gasteiger partial charge in [0.1, 0.15) is 17.9 Å². The number of nitrogen functional groups attached to an aromatic ring is 1. The van der Waals surface area contributed by atoms with E-state index in [1.54, 1.807) is 24.3 Å². The van der Waals surface area contributed by atoms with Gasteiger partial charge in [-0.3, -0.25) is 4.79 Å². The van der Waals surface area contributed by atoms with Crippen molar-refractivity contribution in [3.8, 4) is 5.69 Å². The van der Waals surface area contributed by atoms with Crippen LogP contribution in [-0.2, 0) is 12.8 Å². The first-order valence-corrected chi connectivity index (χ1v) is 10.1. The van der Waals surface area contributed by atoms with Crippen LogP contribution in [0.1, 0.15) is 36.7 Å². The Morgan fingerprint density at radius 2 is 1.91 bits per heavy atom. The number of aromatic nitrogens is 4. The number of anilines is 1. The summed E-state index contributed by atoms with van der Waals surface area (Å²) >= 11 is 0. The molecule has 172 valence electrons. The Balaban J connectivity index is 1.96. The molecule has 0 saturated heterocycles. The molecule has 2 aromatic heterocycles. The van der Waals surface area contributed by atoms with Gasteiger partial charge >= 0.3 is 11.7 Å². The predicted octanol–water partition coefficient (Wildman–Crippen LogP) is 3.64. The van der Waals surface area contributed by atoms with Crippen molar-refractivity contribution in [1.82, 2.24) is 19.3 Å². The van der Waals surface area contributed by atoms with E-state index >= 15 is 0 Å². The summed E-state index contributed by atoms with van der Waals surface area (Å²) in [4.78, 5) is 26.7. The van der Waals surface area contributed by atoms with Gasteiger partial charge in [0.2, 0.25) is 5.82 Å². The van der Waals surface area contributed by atoms with Crippen LogP contribution in [0.4, 0.5) is 19.0 Å². The predicted molar refractivity (Wildman–Crippen MR) is 117 cm³/mol. The topological polar surface area (TPSA) is 100.0 Å². The molecule has 0 fully saturated rings. The molecule has 8 nitrogen and oxygen atoms in total. The van der Waals surface area contributed by atoms with Crippen molar-refractivity contribution >= 4 is 16.9 Å². The van der Waals surface area contributed by atoms with Gasteiger partial charge in [0, 0.05) is 18.3 Å². The molecule has 0 aliphatic rings. The Bertz CT molecular complexity index is 1350. The maximum atomic E-state index is 14.1. The Labute approximate surface area is 186 Å². The third kappa shape index (κ3) is 4.27. The number of nitrogens with one attached hydrogen (secondary N) is 1. The molecular weight excluding hydrogens is 437 g/mol. The fourth-order valence-corrected chi connectivity index (χ4v) is 3.50. The van der Waals surface area contributed by atoms with Gasteiger partial charge in [-0.05, 0) is 17.7 Å². The highest BCUT2D eigenvalue weighted by atomic mass is 19.4. The van der Waals surface area contributed by atoms with Crippen LogP contribution < -0.4 is 21.7 Å². The average molecular weight is 458 g/mol.